The Kier molecular flexibility index (Phi) is 9.73. The van der Waals surface area contributed by atoms with Gasteiger partial charge in [0.1, 0.15) is 12.4 Å². The fourth-order valence-electron chi connectivity index (χ4n) is 7.80. The fourth-order valence-corrected chi connectivity index (χ4v) is 7.80. The van der Waals surface area contributed by atoms with Crippen LogP contribution in [0.3, 0.4) is 0 Å². The highest BCUT2D eigenvalue weighted by Gasteiger charge is 2.35. The second-order valence-electron chi connectivity index (χ2n) is 12.7. The molecule has 0 saturated carbocycles. The first-order valence-electron chi connectivity index (χ1n) is 16.7. The summed E-state index contributed by atoms with van der Waals surface area (Å²) in [5, 5.41) is 9.57. The number of nitriles is 1. The molecule has 244 valence electrons. The molecule has 4 heterocycles. The second kappa shape index (κ2) is 14.1. The van der Waals surface area contributed by atoms with Crippen molar-refractivity contribution < 1.29 is 19.1 Å². The lowest BCUT2D eigenvalue weighted by molar-refractivity contribution is -0.128. The molecule has 2 aromatic rings. The number of amides is 1. The van der Waals surface area contributed by atoms with E-state index in [1.54, 1.807) is 4.90 Å². The van der Waals surface area contributed by atoms with Gasteiger partial charge >= 0.3 is 12.0 Å². The van der Waals surface area contributed by atoms with Crippen LogP contribution in [0.25, 0.3) is 0 Å². The number of nitrogens with zero attached hydrogens (tertiary/aromatic N) is 7. The molecule has 1 unspecified atom stereocenters. The highest BCUT2D eigenvalue weighted by atomic mass is 16.5. The first-order valence-corrected chi connectivity index (χ1v) is 16.7. The van der Waals surface area contributed by atoms with E-state index in [0.29, 0.717) is 43.9 Å². The lowest BCUT2D eigenvalue weighted by Crippen LogP contribution is -2.55. The summed E-state index contributed by atoms with van der Waals surface area (Å²) in [6.45, 7) is 11.1. The molecule has 46 heavy (non-hydrogen) atoms. The van der Waals surface area contributed by atoms with Crippen molar-refractivity contribution in [2.45, 2.75) is 76.4 Å². The molecule has 1 aromatic carbocycles. The van der Waals surface area contributed by atoms with Gasteiger partial charge in [-0.05, 0) is 81.5 Å². The van der Waals surface area contributed by atoms with Gasteiger partial charge in [-0.3, -0.25) is 9.69 Å². The Morgan fingerprint density at radius 2 is 1.98 bits per heavy atom. The summed E-state index contributed by atoms with van der Waals surface area (Å²) in [4.78, 5) is 43.8. The number of rotatable bonds is 9. The van der Waals surface area contributed by atoms with Crippen LogP contribution in [-0.2, 0) is 28.8 Å². The maximum Gasteiger partial charge on any atom is 0.337 e. The van der Waals surface area contributed by atoms with Crippen molar-refractivity contribution in [1.82, 2.24) is 19.8 Å². The molecular formula is C35H45N7O4. The molecule has 1 aliphatic carbocycles. The van der Waals surface area contributed by atoms with Crippen LogP contribution in [0.1, 0.15) is 66.2 Å². The van der Waals surface area contributed by atoms with Gasteiger partial charge in [0.2, 0.25) is 5.91 Å². The number of hydrogen-bond acceptors (Lipinski definition) is 10. The number of carbonyl (C=O) groups excluding carboxylic acids is 2. The molecule has 0 radical (unpaired) electrons. The van der Waals surface area contributed by atoms with E-state index in [0.717, 1.165) is 75.2 Å². The predicted molar refractivity (Wildman–Crippen MR) is 175 cm³/mol. The summed E-state index contributed by atoms with van der Waals surface area (Å²) in [5.41, 5.74) is 5.10. The molecule has 3 atom stereocenters. The normalized spacial score (nSPS) is 22.9. The first-order chi connectivity index (χ1) is 22.4. The average Bonchev–Trinajstić information content (AvgIpc) is 3.56. The zero-order valence-electron chi connectivity index (χ0n) is 27.1. The topological polar surface area (TPSA) is 115 Å². The first kappa shape index (κ1) is 31.8. The fraction of sp³-hybridized carbons (Fsp3) is 0.571. The molecule has 11 nitrogen and oxygen atoms in total. The van der Waals surface area contributed by atoms with E-state index in [2.05, 4.69) is 40.3 Å². The Morgan fingerprint density at radius 1 is 1.11 bits per heavy atom. The number of likely N-dealkylation sites (tertiary alicyclic amines) is 1. The lowest BCUT2D eigenvalue weighted by atomic mass is 9.88. The number of anilines is 2. The van der Waals surface area contributed by atoms with Gasteiger partial charge in [0, 0.05) is 55.9 Å². The third kappa shape index (κ3) is 6.41. The van der Waals surface area contributed by atoms with Crippen molar-refractivity contribution in [3.8, 4) is 12.1 Å². The van der Waals surface area contributed by atoms with Gasteiger partial charge in [0.25, 0.3) is 0 Å². The maximum atomic E-state index is 12.6. The molecule has 11 heteroatoms. The molecule has 2 fully saturated rings. The number of aryl methyl sites for hydroxylation is 1. The molecule has 4 aliphatic rings. The molecule has 0 N–H and O–H groups in total. The van der Waals surface area contributed by atoms with Gasteiger partial charge in [0.15, 0.2) is 0 Å². The summed E-state index contributed by atoms with van der Waals surface area (Å²) >= 11 is 0. The molecule has 3 aliphatic heterocycles. The number of piperazine rings is 1. The van der Waals surface area contributed by atoms with Gasteiger partial charge < -0.3 is 24.2 Å². The molecule has 0 bridgehead atoms. The number of methoxy groups -OCH3 is 1. The monoisotopic (exact) mass is 627 g/mol. The minimum Gasteiger partial charge on any atom is -0.465 e. The third-order valence-corrected chi connectivity index (χ3v) is 10.2. The van der Waals surface area contributed by atoms with Crippen LogP contribution in [0, 0.1) is 11.3 Å². The number of likely N-dealkylation sites (N-methyl/N-ethyl adjacent to an activating group) is 1. The zero-order chi connectivity index (χ0) is 32.2. The standard InChI is InChI=1S/C35H45N7O4/c1-4-32(43)42-19-18-40(22-27(42)14-15-36)33-29-12-11-26(41-17-6-8-24-20-25(34(44)45-3)10-13-31(24)41)21-30(29)37-35(38-33)46-23-28-9-7-16-39(28)5-2/h4,10,13,20,26-28H,1,5-9,11-12,14,16-19,21-23H2,2-3H3/t26?,27-,28-/m0/s1. The number of ether oxygens (including phenoxy) is 2. The van der Waals surface area contributed by atoms with Gasteiger partial charge in [0.05, 0.1) is 36.9 Å². The van der Waals surface area contributed by atoms with E-state index < -0.39 is 0 Å². The zero-order valence-corrected chi connectivity index (χ0v) is 27.1. The quantitative estimate of drug-likeness (QED) is 0.302. The van der Waals surface area contributed by atoms with Crippen LogP contribution in [0.15, 0.2) is 30.9 Å². The Hall–Kier alpha value is -4.17. The van der Waals surface area contributed by atoms with Crippen LogP contribution < -0.4 is 14.5 Å². The van der Waals surface area contributed by atoms with Gasteiger partial charge in [-0.25, -0.2) is 4.79 Å². The van der Waals surface area contributed by atoms with Crippen molar-refractivity contribution in [1.29, 1.82) is 5.26 Å². The Labute approximate surface area is 271 Å². The largest absolute Gasteiger partial charge is 0.465 e. The van der Waals surface area contributed by atoms with Crippen molar-refractivity contribution >= 4 is 23.4 Å². The molecular weight excluding hydrogens is 582 g/mol. The van der Waals surface area contributed by atoms with E-state index in [1.165, 1.54) is 30.9 Å². The number of esters is 1. The third-order valence-electron chi connectivity index (χ3n) is 10.2. The van der Waals surface area contributed by atoms with E-state index in [-0.39, 0.29) is 30.4 Å². The second-order valence-corrected chi connectivity index (χ2v) is 12.7. The summed E-state index contributed by atoms with van der Waals surface area (Å²) in [6.07, 6.45) is 8.35. The van der Waals surface area contributed by atoms with Crippen molar-refractivity contribution in [2.24, 2.45) is 0 Å². The van der Waals surface area contributed by atoms with Crippen LogP contribution in [-0.4, -0.2) is 103 Å². The minimum atomic E-state index is -0.311. The van der Waals surface area contributed by atoms with Crippen LogP contribution in [0.2, 0.25) is 0 Å². The van der Waals surface area contributed by atoms with Gasteiger partial charge in [-0.1, -0.05) is 13.5 Å². The Balaban J connectivity index is 1.29. The number of benzene rings is 1. The Bertz CT molecular complexity index is 1510. The summed E-state index contributed by atoms with van der Waals surface area (Å²) in [7, 11) is 1.42. The minimum absolute atomic E-state index is 0.144. The van der Waals surface area contributed by atoms with E-state index in [4.69, 9.17) is 19.4 Å². The highest BCUT2D eigenvalue weighted by molar-refractivity contribution is 5.90. The summed E-state index contributed by atoms with van der Waals surface area (Å²) < 4.78 is 11.3. The highest BCUT2D eigenvalue weighted by Crippen LogP contribution is 2.37. The van der Waals surface area contributed by atoms with E-state index in [1.807, 2.05) is 12.1 Å². The summed E-state index contributed by atoms with van der Waals surface area (Å²) in [6, 6.07) is 8.95. The molecule has 1 amide bonds. The molecule has 6 rings (SSSR count). The lowest BCUT2D eigenvalue weighted by Gasteiger charge is -2.43. The number of carbonyl (C=O) groups is 2. The van der Waals surface area contributed by atoms with Crippen LogP contribution >= 0.6 is 0 Å². The smallest absolute Gasteiger partial charge is 0.337 e. The van der Waals surface area contributed by atoms with E-state index in [9.17, 15) is 14.9 Å². The van der Waals surface area contributed by atoms with Crippen molar-refractivity contribution in [3.63, 3.8) is 0 Å². The van der Waals surface area contributed by atoms with Crippen LogP contribution in [0.4, 0.5) is 11.5 Å². The van der Waals surface area contributed by atoms with Crippen LogP contribution in [0.5, 0.6) is 6.01 Å². The van der Waals surface area contributed by atoms with Crippen molar-refractivity contribution in [3.05, 3.63) is 53.2 Å². The molecule has 0 spiro atoms. The van der Waals surface area contributed by atoms with Gasteiger partial charge in [-0.2, -0.15) is 15.2 Å². The number of fused-ring (bicyclic) bond motifs is 2. The van der Waals surface area contributed by atoms with Gasteiger partial charge in [-0.15, -0.1) is 0 Å². The van der Waals surface area contributed by atoms with E-state index >= 15 is 0 Å². The average molecular weight is 628 g/mol. The number of aromatic nitrogens is 2. The predicted octanol–water partition coefficient (Wildman–Crippen LogP) is 3.55. The Morgan fingerprint density at radius 3 is 2.76 bits per heavy atom. The van der Waals surface area contributed by atoms with Crippen molar-refractivity contribution in [2.75, 3.05) is 62.8 Å². The molecule has 1 aromatic heterocycles. The number of hydrogen-bond donors (Lipinski definition) is 0. The SMILES string of the molecule is C=CC(=O)N1CCN(c2nc(OC[C@@H]3CCCN3CC)nc3c2CCC(N2CCCc4cc(C(=O)OC)ccc42)C3)C[C@@H]1CC#N. The summed E-state index contributed by atoms with van der Waals surface area (Å²) in [5.74, 6) is 0.413. The maximum absolute atomic E-state index is 12.6. The molecule has 2 saturated heterocycles.